The van der Waals surface area contributed by atoms with E-state index in [9.17, 15) is 14.4 Å². The topological polar surface area (TPSA) is 98.0 Å². The molecule has 3 saturated heterocycles. The van der Waals surface area contributed by atoms with E-state index in [0.717, 1.165) is 82.8 Å². The monoisotopic (exact) mass is 535 g/mol. The van der Waals surface area contributed by atoms with Crippen LogP contribution in [-0.2, 0) is 31.1 Å². The summed E-state index contributed by atoms with van der Waals surface area (Å²) in [7, 11) is 0. The number of morpholine rings is 1. The Hall–Kier alpha value is -2.91. The summed E-state index contributed by atoms with van der Waals surface area (Å²) in [4.78, 5) is 51.0. The lowest BCUT2D eigenvalue weighted by Crippen LogP contribution is -2.64. The second kappa shape index (κ2) is 10.9. The Kier molecular flexibility index (Phi) is 7.37. The van der Waals surface area contributed by atoms with E-state index in [-0.39, 0.29) is 24.1 Å². The van der Waals surface area contributed by atoms with Crippen LogP contribution in [0.4, 0.5) is 0 Å². The first-order chi connectivity index (χ1) is 19.0. The van der Waals surface area contributed by atoms with Crippen LogP contribution in [0.3, 0.4) is 0 Å². The predicted molar refractivity (Wildman–Crippen MR) is 148 cm³/mol. The molecule has 1 aromatic carbocycles. The highest BCUT2D eigenvalue weighted by Gasteiger charge is 2.57. The molecule has 2 N–H and O–H groups in total. The Morgan fingerprint density at radius 2 is 1.85 bits per heavy atom. The number of likely N-dealkylation sites (tertiary alicyclic amines) is 1. The smallest absolute Gasteiger partial charge is 0.228 e. The van der Waals surface area contributed by atoms with E-state index in [2.05, 4.69) is 34.3 Å². The van der Waals surface area contributed by atoms with Crippen molar-refractivity contribution in [1.29, 1.82) is 0 Å². The van der Waals surface area contributed by atoms with E-state index in [1.165, 1.54) is 10.9 Å². The van der Waals surface area contributed by atoms with Gasteiger partial charge in [-0.05, 0) is 50.7 Å². The molecular weight excluding hydrogens is 494 g/mol. The zero-order valence-electron chi connectivity index (χ0n) is 23.0. The molecule has 0 bridgehead atoms. The molecule has 0 spiro atoms. The van der Waals surface area contributed by atoms with Gasteiger partial charge >= 0.3 is 0 Å². The number of hydrogen-bond acceptors (Lipinski definition) is 5. The number of hydrogen-bond donors (Lipinski definition) is 2. The third kappa shape index (κ3) is 4.84. The molecule has 1 unspecified atom stereocenters. The molecule has 6 rings (SSSR count). The summed E-state index contributed by atoms with van der Waals surface area (Å²) >= 11 is 0. The minimum atomic E-state index is -0.762. The lowest BCUT2D eigenvalue weighted by atomic mass is 9.67. The fourth-order valence-corrected chi connectivity index (χ4v) is 7.34. The molecule has 0 saturated carbocycles. The maximum Gasteiger partial charge on any atom is 0.228 e. The van der Waals surface area contributed by atoms with Crippen LogP contribution < -0.4 is 5.32 Å². The van der Waals surface area contributed by atoms with Gasteiger partial charge in [-0.15, -0.1) is 0 Å². The summed E-state index contributed by atoms with van der Waals surface area (Å²) in [6.45, 7) is 8.70. The van der Waals surface area contributed by atoms with Gasteiger partial charge in [0, 0.05) is 74.7 Å². The second-order valence-corrected chi connectivity index (χ2v) is 11.8. The first kappa shape index (κ1) is 26.3. The van der Waals surface area contributed by atoms with Crippen LogP contribution in [0.5, 0.6) is 0 Å². The highest BCUT2D eigenvalue weighted by molar-refractivity contribution is 5.93. The number of fused-ring (bicyclic) bond motifs is 5. The minimum Gasteiger partial charge on any atom is -0.379 e. The summed E-state index contributed by atoms with van der Waals surface area (Å²) in [6, 6.07) is 8.25. The molecule has 9 nitrogen and oxygen atoms in total. The van der Waals surface area contributed by atoms with Gasteiger partial charge in [0.25, 0.3) is 0 Å². The van der Waals surface area contributed by atoms with Crippen molar-refractivity contribution in [1.82, 2.24) is 25.0 Å². The molecule has 3 atom stereocenters. The van der Waals surface area contributed by atoms with Crippen molar-refractivity contribution >= 4 is 28.6 Å². The fourth-order valence-electron chi connectivity index (χ4n) is 7.34. The molecule has 3 amide bonds. The molecule has 210 valence electrons. The molecule has 0 radical (unpaired) electrons. The van der Waals surface area contributed by atoms with Crippen LogP contribution >= 0.6 is 0 Å². The van der Waals surface area contributed by atoms with Gasteiger partial charge in [-0.2, -0.15) is 0 Å². The molecule has 3 fully saturated rings. The first-order valence-corrected chi connectivity index (χ1v) is 14.7. The number of carbonyl (C=O) groups is 3. The van der Waals surface area contributed by atoms with Crippen molar-refractivity contribution in [2.45, 2.75) is 51.0 Å². The Balaban J connectivity index is 1.25. The van der Waals surface area contributed by atoms with Crippen LogP contribution in [0.25, 0.3) is 10.9 Å². The average molecular weight is 536 g/mol. The van der Waals surface area contributed by atoms with Gasteiger partial charge in [0.1, 0.15) is 0 Å². The number of ether oxygens (including phenoxy) is 1. The van der Waals surface area contributed by atoms with Crippen LogP contribution in [0, 0.1) is 11.8 Å². The van der Waals surface area contributed by atoms with Crippen LogP contribution in [0.15, 0.2) is 24.3 Å². The van der Waals surface area contributed by atoms with Gasteiger partial charge in [-0.25, -0.2) is 0 Å². The Morgan fingerprint density at radius 1 is 1.08 bits per heavy atom. The number of para-hydroxylation sites is 1. The number of H-pyrrole nitrogens is 1. The van der Waals surface area contributed by atoms with Crippen molar-refractivity contribution in [3.8, 4) is 0 Å². The number of nitrogens with one attached hydrogen (secondary N) is 2. The van der Waals surface area contributed by atoms with E-state index in [1.807, 2.05) is 21.9 Å². The van der Waals surface area contributed by atoms with E-state index in [4.69, 9.17) is 4.74 Å². The summed E-state index contributed by atoms with van der Waals surface area (Å²) in [5.41, 5.74) is 2.49. The van der Waals surface area contributed by atoms with Crippen LogP contribution in [0.1, 0.15) is 50.3 Å². The Morgan fingerprint density at radius 3 is 2.64 bits per heavy atom. The van der Waals surface area contributed by atoms with Crippen molar-refractivity contribution in [3.63, 3.8) is 0 Å². The number of amides is 3. The van der Waals surface area contributed by atoms with E-state index in [1.54, 1.807) is 0 Å². The van der Waals surface area contributed by atoms with E-state index >= 15 is 0 Å². The molecule has 39 heavy (non-hydrogen) atoms. The lowest BCUT2D eigenvalue weighted by molar-refractivity contribution is -0.164. The minimum absolute atomic E-state index is 0.00664. The normalized spacial score (nSPS) is 27.8. The first-order valence-electron chi connectivity index (χ1n) is 14.7. The molecule has 0 aliphatic carbocycles. The summed E-state index contributed by atoms with van der Waals surface area (Å²) in [5, 5.41) is 4.20. The molecule has 1 aromatic heterocycles. The quantitative estimate of drug-likeness (QED) is 0.592. The number of aromatic nitrogens is 1. The van der Waals surface area contributed by atoms with Crippen molar-refractivity contribution < 1.29 is 19.1 Å². The molecule has 4 aliphatic rings. The predicted octanol–water partition coefficient (Wildman–Crippen LogP) is 2.25. The molecule has 4 aliphatic heterocycles. The van der Waals surface area contributed by atoms with Crippen LogP contribution in [0.2, 0.25) is 0 Å². The third-order valence-electron chi connectivity index (χ3n) is 9.53. The Bertz CT molecular complexity index is 1230. The van der Waals surface area contributed by atoms with E-state index < -0.39 is 17.4 Å². The number of rotatable bonds is 6. The number of aromatic amines is 1. The number of nitrogens with zero attached hydrogens (tertiary/aromatic N) is 3. The highest BCUT2D eigenvalue weighted by atomic mass is 16.5. The second-order valence-electron chi connectivity index (χ2n) is 11.8. The largest absolute Gasteiger partial charge is 0.379 e. The zero-order valence-corrected chi connectivity index (χ0v) is 23.0. The lowest BCUT2D eigenvalue weighted by Gasteiger charge is -2.54. The molecule has 2 aromatic rings. The zero-order chi connectivity index (χ0) is 27.0. The van der Waals surface area contributed by atoms with Crippen LogP contribution in [-0.4, -0.2) is 96.4 Å². The SMILES string of the molecule is C[C@]12c3[nH]c4ccccc4c3CCN1C(=O)C(CC(=O)NCCN1CCOCC1)C[C@@H]2C(=O)N1CCCCC1. The molecular formula is C30H41N5O4. The number of piperidine rings is 2. The fraction of sp³-hybridized carbons (Fsp3) is 0.633. The summed E-state index contributed by atoms with van der Waals surface area (Å²) in [6.07, 6.45) is 4.44. The van der Waals surface area contributed by atoms with Gasteiger partial charge in [-0.1, -0.05) is 18.2 Å². The van der Waals surface area contributed by atoms with Gasteiger partial charge in [0.05, 0.1) is 24.7 Å². The number of benzene rings is 1. The molecule has 9 heteroatoms. The van der Waals surface area contributed by atoms with Gasteiger partial charge in [0.15, 0.2) is 0 Å². The average Bonchev–Trinajstić information content (AvgIpc) is 3.35. The standard InChI is InChI=1S/C30H41N5O4/c1-30-24(29(38)34-11-5-2-6-12-34)19-21(20-26(36)31-10-14-33-15-17-39-18-16-33)28(37)35(30)13-9-23-22-7-3-4-8-25(22)32-27(23)30/h3-4,7-8,21,24,32H,2,5-6,9-20H2,1H3,(H,31,36)/t21?,24-,30+/m1/s1. The maximum absolute atomic E-state index is 14.2. The third-order valence-corrected chi connectivity index (χ3v) is 9.53. The van der Waals surface area contributed by atoms with E-state index in [0.29, 0.717) is 19.5 Å². The maximum atomic E-state index is 14.2. The summed E-state index contributed by atoms with van der Waals surface area (Å²) in [5.74, 6) is -0.887. The molecule has 5 heterocycles. The van der Waals surface area contributed by atoms with Crippen molar-refractivity contribution in [2.24, 2.45) is 11.8 Å². The van der Waals surface area contributed by atoms with Gasteiger partial charge in [-0.3, -0.25) is 19.3 Å². The van der Waals surface area contributed by atoms with Crippen molar-refractivity contribution in [2.75, 3.05) is 59.0 Å². The number of carbonyl (C=O) groups excluding carboxylic acids is 3. The highest BCUT2D eigenvalue weighted by Crippen LogP contribution is 2.50. The van der Waals surface area contributed by atoms with Crippen molar-refractivity contribution in [3.05, 3.63) is 35.5 Å². The Labute approximate surface area is 230 Å². The summed E-state index contributed by atoms with van der Waals surface area (Å²) < 4.78 is 5.40. The van der Waals surface area contributed by atoms with Gasteiger partial charge in [0.2, 0.25) is 17.7 Å². The van der Waals surface area contributed by atoms with Gasteiger partial charge < -0.3 is 24.8 Å².